The maximum Gasteiger partial charge on any atom is 0.410 e. The molecule has 5 heteroatoms. The van der Waals surface area contributed by atoms with E-state index in [-0.39, 0.29) is 18.2 Å². The van der Waals surface area contributed by atoms with Gasteiger partial charge in [0.15, 0.2) is 0 Å². The molecule has 0 saturated carbocycles. The summed E-state index contributed by atoms with van der Waals surface area (Å²) in [7, 11) is 1.68. The number of hydrogen-bond acceptors (Lipinski definition) is 4. The normalized spacial score (nSPS) is 33.2. The van der Waals surface area contributed by atoms with Crippen LogP contribution in [0, 0.1) is 0 Å². The summed E-state index contributed by atoms with van der Waals surface area (Å²) < 4.78 is 10.3. The zero-order valence-electron chi connectivity index (χ0n) is 8.36. The second kappa shape index (κ2) is 4.14. The lowest BCUT2D eigenvalue weighted by atomic mass is 10.1. The lowest BCUT2D eigenvalue weighted by molar-refractivity contribution is 0.0135. The Morgan fingerprint density at radius 1 is 1.57 bits per heavy atom. The average Bonchev–Trinajstić information content (AvgIpc) is 2.66. The van der Waals surface area contributed by atoms with E-state index in [2.05, 4.69) is 5.32 Å². The lowest BCUT2D eigenvalue weighted by Crippen LogP contribution is -2.50. The largest absolute Gasteiger partial charge is 0.449 e. The number of amides is 1. The number of rotatable bonds is 2. The van der Waals surface area contributed by atoms with E-state index in [4.69, 9.17) is 9.47 Å². The molecule has 80 valence electrons. The average molecular weight is 200 g/mol. The van der Waals surface area contributed by atoms with E-state index in [9.17, 15) is 4.79 Å². The summed E-state index contributed by atoms with van der Waals surface area (Å²) in [6.45, 7) is 2.94. The third-order valence-corrected chi connectivity index (χ3v) is 2.83. The molecule has 0 aromatic heterocycles. The van der Waals surface area contributed by atoms with E-state index >= 15 is 0 Å². The second-order valence-corrected chi connectivity index (χ2v) is 3.66. The van der Waals surface area contributed by atoms with Gasteiger partial charge in [-0.3, -0.25) is 0 Å². The summed E-state index contributed by atoms with van der Waals surface area (Å²) in [5.41, 5.74) is 0. The molecule has 2 aliphatic rings. The quantitative estimate of drug-likeness (QED) is 0.671. The Morgan fingerprint density at radius 2 is 2.43 bits per heavy atom. The summed E-state index contributed by atoms with van der Waals surface area (Å²) in [6, 6.07) is 0.132. The van der Waals surface area contributed by atoms with Gasteiger partial charge in [0.1, 0.15) is 0 Å². The fraction of sp³-hybridized carbons (Fsp3) is 0.889. The molecule has 2 rings (SSSR count). The van der Waals surface area contributed by atoms with Gasteiger partial charge in [-0.25, -0.2) is 4.79 Å². The fourth-order valence-electron chi connectivity index (χ4n) is 2.06. The van der Waals surface area contributed by atoms with Crippen molar-refractivity contribution < 1.29 is 14.3 Å². The number of nitrogens with zero attached hydrogens (tertiary/aromatic N) is 1. The molecule has 2 aliphatic heterocycles. The summed E-state index contributed by atoms with van der Waals surface area (Å²) >= 11 is 0. The van der Waals surface area contributed by atoms with Gasteiger partial charge in [0.2, 0.25) is 0 Å². The van der Waals surface area contributed by atoms with Gasteiger partial charge < -0.3 is 19.7 Å². The predicted molar refractivity (Wildman–Crippen MR) is 50.1 cm³/mol. The minimum atomic E-state index is -0.202. The summed E-state index contributed by atoms with van der Waals surface area (Å²) in [4.78, 5) is 13.2. The molecule has 0 aromatic rings. The standard InChI is InChI=1S/C9H16N2O3/c1-13-8-6-10-5-7(8)11-3-2-4-14-9(11)12/h7-8,10H,2-6H2,1H3/t7?,8-/m0/s1. The van der Waals surface area contributed by atoms with Crippen LogP contribution in [0.15, 0.2) is 0 Å². The van der Waals surface area contributed by atoms with Crippen molar-refractivity contribution >= 4 is 6.09 Å². The van der Waals surface area contributed by atoms with Crippen molar-refractivity contribution in [2.75, 3.05) is 33.4 Å². The highest BCUT2D eigenvalue weighted by Crippen LogP contribution is 2.16. The second-order valence-electron chi connectivity index (χ2n) is 3.66. The van der Waals surface area contributed by atoms with Gasteiger partial charge in [0, 0.05) is 26.7 Å². The number of nitrogens with one attached hydrogen (secondary N) is 1. The van der Waals surface area contributed by atoms with E-state index in [1.54, 1.807) is 12.0 Å². The maximum atomic E-state index is 11.5. The van der Waals surface area contributed by atoms with E-state index in [1.165, 1.54) is 0 Å². The van der Waals surface area contributed by atoms with Crippen molar-refractivity contribution in [1.29, 1.82) is 0 Å². The predicted octanol–water partition coefficient (Wildman–Crippen LogP) is -0.185. The molecule has 1 amide bonds. The van der Waals surface area contributed by atoms with Crippen LogP contribution in [-0.2, 0) is 9.47 Å². The highest BCUT2D eigenvalue weighted by molar-refractivity contribution is 5.68. The van der Waals surface area contributed by atoms with Crippen molar-refractivity contribution in [2.45, 2.75) is 18.6 Å². The monoisotopic (exact) mass is 200 g/mol. The van der Waals surface area contributed by atoms with Crippen molar-refractivity contribution in [2.24, 2.45) is 0 Å². The zero-order chi connectivity index (χ0) is 9.97. The lowest BCUT2D eigenvalue weighted by Gasteiger charge is -2.33. The number of ether oxygens (including phenoxy) is 2. The summed E-state index contributed by atoms with van der Waals surface area (Å²) in [5, 5.41) is 3.22. The van der Waals surface area contributed by atoms with Crippen molar-refractivity contribution in [3.63, 3.8) is 0 Å². The maximum absolute atomic E-state index is 11.5. The first-order chi connectivity index (χ1) is 6.83. The molecule has 0 aliphatic carbocycles. The zero-order valence-corrected chi connectivity index (χ0v) is 8.36. The van der Waals surface area contributed by atoms with E-state index in [0.717, 1.165) is 26.1 Å². The summed E-state index contributed by atoms with van der Waals surface area (Å²) in [6.07, 6.45) is 0.811. The Morgan fingerprint density at radius 3 is 3.14 bits per heavy atom. The molecule has 0 aromatic carbocycles. The number of hydrogen-bond donors (Lipinski definition) is 1. The first-order valence-electron chi connectivity index (χ1n) is 5.00. The van der Waals surface area contributed by atoms with Crippen LogP contribution < -0.4 is 5.32 Å². The number of cyclic esters (lactones) is 1. The third kappa shape index (κ3) is 1.69. The van der Waals surface area contributed by atoms with Gasteiger partial charge in [-0.05, 0) is 6.42 Å². The van der Waals surface area contributed by atoms with Crippen LogP contribution in [0.3, 0.4) is 0 Å². The molecule has 0 radical (unpaired) electrons. The molecule has 2 heterocycles. The molecular formula is C9H16N2O3. The molecule has 1 N–H and O–H groups in total. The van der Waals surface area contributed by atoms with Gasteiger partial charge in [-0.2, -0.15) is 0 Å². The van der Waals surface area contributed by atoms with Gasteiger partial charge in [0.25, 0.3) is 0 Å². The molecule has 2 fully saturated rings. The van der Waals surface area contributed by atoms with Gasteiger partial charge in [0.05, 0.1) is 18.8 Å². The fourth-order valence-corrected chi connectivity index (χ4v) is 2.06. The van der Waals surface area contributed by atoms with Crippen LogP contribution in [0.1, 0.15) is 6.42 Å². The molecule has 1 unspecified atom stereocenters. The Hall–Kier alpha value is -0.810. The Kier molecular flexibility index (Phi) is 2.88. The number of carbonyl (C=O) groups excluding carboxylic acids is 1. The molecule has 2 saturated heterocycles. The smallest absolute Gasteiger partial charge is 0.410 e. The van der Waals surface area contributed by atoms with Crippen LogP contribution in [-0.4, -0.2) is 56.5 Å². The van der Waals surface area contributed by atoms with Crippen LogP contribution in [0.5, 0.6) is 0 Å². The van der Waals surface area contributed by atoms with E-state index < -0.39 is 0 Å². The summed E-state index contributed by atoms with van der Waals surface area (Å²) in [5.74, 6) is 0. The highest BCUT2D eigenvalue weighted by atomic mass is 16.6. The van der Waals surface area contributed by atoms with E-state index in [1.807, 2.05) is 0 Å². The van der Waals surface area contributed by atoms with Gasteiger partial charge in [-0.15, -0.1) is 0 Å². The van der Waals surface area contributed by atoms with Crippen LogP contribution in [0.4, 0.5) is 4.79 Å². The molecule has 14 heavy (non-hydrogen) atoms. The Labute approximate surface area is 83.3 Å². The number of methoxy groups -OCH3 is 1. The minimum Gasteiger partial charge on any atom is -0.449 e. The molecule has 5 nitrogen and oxygen atoms in total. The Bertz CT molecular complexity index is 222. The first-order valence-corrected chi connectivity index (χ1v) is 5.00. The minimum absolute atomic E-state index is 0.0978. The molecule has 2 atom stereocenters. The topological polar surface area (TPSA) is 50.8 Å². The number of carbonyl (C=O) groups is 1. The van der Waals surface area contributed by atoms with Crippen molar-refractivity contribution in [1.82, 2.24) is 10.2 Å². The molecular weight excluding hydrogens is 184 g/mol. The van der Waals surface area contributed by atoms with Crippen LogP contribution >= 0.6 is 0 Å². The van der Waals surface area contributed by atoms with Crippen LogP contribution in [0.2, 0.25) is 0 Å². The van der Waals surface area contributed by atoms with Crippen molar-refractivity contribution in [3.05, 3.63) is 0 Å². The first kappa shape index (κ1) is 9.73. The molecule has 0 spiro atoms. The van der Waals surface area contributed by atoms with Crippen molar-refractivity contribution in [3.8, 4) is 0 Å². The Balaban J connectivity index is 2.01. The molecule has 0 bridgehead atoms. The third-order valence-electron chi connectivity index (χ3n) is 2.83. The van der Waals surface area contributed by atoms with Crippen LogP contribution in [0.25, 0.3) is 0 Å². The highest BCUT2D eigenvalue weighted by Gasteiger charge is 2.36. The van der Waals surface area contributed by atoms with Gasteiger partial charge >= 0.3 is 6.09 Å². The van der Waals surface area contributed by atoms with Gasteiger partial charge in [-0.1, -0.05) is 0 Å². The SMILES string of the molecule is CO[C@H]1CNCC1N1CCCOC1=O. The van der Waals surface area contributed by atoms with E-state index in [0.29, 0.717) is 6.61 Å².